The number of esters is 1. The Morgan fingerprint density at radius 1 is 1.52 bits per heavy atom. The van der Waals surface area contributed by atoms with Crippen LogP contribution < -0.4 is 11.3 Å². The van der Waals surface area contributed by atoms with Crippen LogP contribution in [0.1, 0.15) is 25.5 Å². The second kappa shape index (κ2) is 7.59. The number of halogens is 1. The number of hydrogen-bond acceptors (Lipinski definition) is 6. The number of hydrogen-bond donors (Lipinski definition) is 2. The first-order chi connectivity index (χ1) is 10.1. The maximum absolute atomic E-state index is 11.7. The lowest BCUT2D eigenvalue weighted by atomic mass is 9.97. The standard InChI is InChI=1S/C14H21ClN4O2/c1-2-21-14(20)10-5-7-19(8-6-10)9-12-11(15)3-4-13(17-12)18-16/h3-4,10H,2,5-9,16H2,1H3,(H,17,18). The number of carbonyl (C=O) groups is 1. The van der Waals surface area contributed by atoms with Crippen LogP contribution in [0.25, 0.3) is 0 Å². The minimum Gasteiger partial charge on any atom is -0.466 e. The van der Waals surface area contributed by atoms with E-state index in [1.807, 2.05) is 6.92 Å². The Hall–Kier alpha value is -1.37. The van der Waals surface area contributed by atoms with Crippen molar-refractivity contribution in [2.75, 3.05) is 25.1 Å². The highest BCUT2D eigenvalue weighted by Crippen LogP contribution is 2.23. The van der Waals surface area contributed by atoms with Gasteiger partial charge in [0.05, 0.1) is 23.2 Å². The number of carbonyl (C=O) groups excluding carboxylic acids is 1. The van der Waals surface area contributed by atoms with Crippen molar-refractivity contribution >= 4 is 23.4 Å². The van der Waals surface area contributed by atoms with Crippen LogP contribution in [0, 0.1) is 5.92 Å². The number of likely N-dealkylation sites (tertiary alicyclic amines) is 1. The van der Waals surface area contributed by atoms with Crippen LogP contribution in [-0.4, -0.2) is 35.5 Å². The third-order valence-corrected chi connectivity index (χ3v) is 3.99. The number of piperidine rings is 1. The molecule has 0 radical (unpaired) electrons. The molecule has 0 aliphatic carbocycles. The lowest BCUT2D eigenvalue weighted by Gasteiger charge is -2.30. The molecule has 6 nitrogen and oxygen atoms in total. The van der Waals surface area contributed by atoms with Crippen molar-refractivity contribution < 1.29 is 9.53 Å². The number of nitrogens with one attached hydrogen (secondary N) is 1. The van der Waals surface area contributed by atoms with Gasteiger partial charge in [0.2, 0.25) is 0 Å². The van der Waals surface area contributed by atoms with Gasteiger partial charge in [0.15, 0.2) is 0 Å². The smallest absolute Gasteiger partial charge is 0.309 e. The third kappa shape index (κ3) is 4.30. The van der Waals surface area contributed by atoms with Crippen LogP contribution in [0.5, 0.6) is 0 Å². The van der Waals surface area contributed by atoms with E-state index in [0.29, 0.717) is 24.0 Å². The summed E-state index contributed by atoms with van der Waals surface area (Å²) in [6, 6.07) is 3.52. The predicted octanol–water partition coefficient (Wildman–Crippen LogP) is 1.80. The largest absolute Gasteiger partial charge is 0.466 e. The van der Waals surface area contributed by atoms with Crippen LogP contribution in [-0.2, 0) is 16.1 Å². The normalized spacial score (nSPS) is 16.7. The predicted molar refractivity (Wildman–Crippen MR) is 81.7 cm³/mol. The lowest BCUT2D eigenvalue weighted by molar-refractivity contribution is -0.149. The van der Waals surface area contributed by atoms with Gasteiger partial charge in [0.25, 0.3) is 0 Å². The summed E-state index contributed by atoms with van der Waals surface area (Å²) in [7, 11) is 0. The average molecular weight is 313 g/mol. The van der Waals surface area contributed by atoms with E-state index >= 15 is 0 Å². The molecule has 1 aromatic heterocycles. The zero-order valence-electron chi connectivity index (χ0n) is 12.1. The van der Waals surface area contributed by atoms with E-state index in [9.17, 15) is 4.79 Å². The summed E-state index contributed by atoms with van der Waals surface area (Å²) in [6.07, 6.45) is 1.62. The fraction of sp³-hybridized carbons (Fsp3) is 0.571. The summed E-state index contributed by atoms with van der Waals surface area (Å²) in [5, 5.41) is 0.626. The van der Waals surface area contributed by atoms with Crippen LogP contribution in [0.2, 0.25) is 5.02 Å². The molecule has 1 fully saturated rings. The number of pyridine rings is 1. The average Bonchev–Trinajstić information content (AvgIpc) is 2.50. The van der Waals surface area contributed by atoms with Crippen molar-refractivity contribution in [2.45, 2.75) is 26.3 Å². The zero-order chi connectivity index (χ0) is 15.2. The molecule has 0 atom stereocenters. The monoisotopic (exact) mass is 312 g/mol. The van der Waals surface area contributed by atoms with E-state index in [2.05, 4.69) is 15.3 Å². The number of nitrogens with two attached hydrogens (primary N) is 1. The van der Waals surface area contributed by atoms with Gasteiger partial charge in [-0.2, -0.15) is 0 Å². The maximum Gasteiger partial charge on any atom is 0.309 e. The molecule has 1 saturated heterocycles. The van der Waals surface area contributed by atoms with Crippen LogP contribution in [0.4, 0.5) is 5.82 Å². The van der Waals surface area contributed by atoms with Crippen LogP contribution in [0.3, 0.4) is 0 Å². The van der Waals surface area contributed by atoms with Gasteiger partial charge in [-0.3, -0.25) is 9.69 Å². The molecule has 0 unspecified atom stereocenters. The second-order valence-corrected chi connectivity index (χ2v) is 5.48. The van der Waals surface area contributed by atoms with Crippen molar-refractivity contribution in [3.05, 3.63) is 22.8 Å². The molecule has 0 spiro atoms. The molecule has 1 aliphatic heterocycles. The van der Waals surface area contributed by atoms with E-state index in [1.165, 1.54) is 0 Å². The van der Waals surface area contributed by atoms with Crippen molar-refractivity contribution in [3.63, 3.8) is 0 Å². The molecule has 1 aromatic rings. The molecule has 2 heterocycles. The minimum atomic E-state index is -0.0809. The fourth-order valence-corrected chi connectivity index (χ4v) is 2.64. The Balaban J connectivity index is 1.90. The van der Waals surface area contributed by atoms with Gasteiger partial charge in [0.1, 0.15) is 5.82 Å². The second-order valence-electron chi connectivity index (χ2n) is 5.07. The molecule has 0 bridgehead atoms. The van der Waals surface area contributed by atoms with Crippen molar-refractivity contribution in [3.8, 4) is 0 Å². The first kappa shape index (κ1) is 16.0. The topological polar surface area (TPSA) is 80.5 Å². The summed E-state index contributed by atoms with van der Waals surface area (Å²) in [6.45, 7) is 4.60. The number of rotatable bonds is 5. The summed E-state index contributed by atoms with van der Waals surface area (Å²) in [5.74, 6) is 5.89. The van der Waals surface area contributed by atoms with Crippen molar-refractivity contribution in [1.82, 2.24) is 9.88 Å². The number of nitrogens with zero attached hydrogens (tertiary/aromatic N) is 2. The van der Waals surface area contributed by atoms with Gasteiger partial charge >= 0.3 is 5.97 Å². The first-order valence-electron chi connectivity index (χ1n) is 7.15. The van der Waals surface area contributed by atoms with Crippen molar-refractivity contribution in [1.29, 1.82) is 0 Å². The first-order valence-corrected chi connectivity index (χ1v) is 7.52. The molecule has 3 N–H and O–H groups in total. The Labute approximate surface area is 129 Å². The number of hydrazine groups is 1. The highest BCUT2D eigenvalue weighted by atomic mass is 35.5. The fourth-order valence-electron chi connectivity index (χ4n) is 2.47. The minimum absolute atomic E-state index is 0.0154. The van der Waals surface area contributed by atoms with Crippen LogP contribution in [0.15, 0.2) is 12.1 Å². The maximum atomic E-state index is 11.7. The molecule has 116 valence electrons. The Kier molecular flexibility index (Phi) is 5.78. The van der Waals surface area contributed by atoms with E-state index < -0.39 is 0 Å². The molecular weight excluding hydrogens is 292 g/mol. The summed E-state index contributed by atoms with van der Waals surface area (Å²) < 4.78 is 5.07. The van der Waals surface area contributed by atoms with Crippen LogP contribution >= 0.6 is 11.6 Å². The molecule has 2 rings (SSSR count). The number of nitrogen functional groups attached to an aromatic ring is 1. The van der Waals surface area contributed by atoms with Crippen molar-refractivity contribution in [2.24, 2.45) is 11.8 Å². The SMILES string of the molecule is CCOC(=O)C1CCN(Cc2nc(NN)ccc2Cl)CC1. The van der Waals surface area contributed by atoms with E-state index in [4.69, 9.17) is 22.2 Å². The Morgan fingerprint density at radius 2 is 2.24 bits per heavy atom. The van der Waals surface area contributed by atoms with Gasteiger partial charge in [-0.05, 0) is 45.0 Å². The summed E-state index contributed by atoms with van der Waals surface area (Å²) in [5.41, 5.74) is 3.31. The molecule has 7 heteroatoms. The lowest BCUT2D eigenvalue weighted by Crippen LogP contribution is -2.36. The highest BCUT2D eigenvalue weighted by molar-refractivity contribution is 6.31. The highest BCUT2D eigenvalue weighted by Gasteiger charge is 2.26. The number of anilines is 1. The molecule has 0 saturated carbocycles. The van der Waals surface area contributed by atoms with Gasteiger partial charge < -0.3 is 10.2 Å². The summed E-state index contributed by atoms with van der Waals surface area (Å²) >= 11 is 6.16. The van der Waals surface area contributed by atoms with E-state index in [-0.39, 0.29) is 11.9 Å². The molecule has 0 aromatic carbocycles. The van der Waals surface area contributed by atoms with E-state index in [1.54, 1.807) is 12.1 Å². The van der Waals surface area contributed by atoms with Gasteiger partial charge in [0, 0.05) is 6.54 Å². The number of aromatic nitrogens is 1. The number of ether oxygens (including phenoxy) is 1. The molecule has 21 heavy (non-hydrogen) atoms. The zero-order valence-corrected chi connectivity index (χ0v) is 12.9. The Morgan fingerprint density at radius 3 is 2.86 bits per heavy atom. The van der Waals surface area contributed by atoms with E-state index in [0.717, 1.165) is 31.6 Å². The van der Waals surface area contributed by atoms with Gasteiger partial charge in [-0.25, -0.2) is 10.8 Å². The van der Waals surface area contributed by atoms with Gasteiger partial charge in [-0.1, -0.05) is 11.6 Å². The van der Waals surface area contributed by atoms with Gasteiger partial charge in [-0.15, -0.1) is 0 Å². The Bertz CT molecular complexity index is 490. The molecule has 0 amide bonds. The third-order valence-electron chi connectivity index (χ3n) is 3.65. The quantitative estimate of drug-likeness (QED) is 0.490. The molecular formula is C14H21ClN4O2. The molecule has 1 aliphatic rings. The summed E-state index contributed by atoms with van der Waals surface area (Å²) in [4.78, 5) is 18.3.